The highest BCUT2D eigenvalue weighted by molar-refractivity contribution is 7.22. The van der Waals surface area contributed by atoms with E-state index in [1.54, 1.807) is 30.3 Å². The van der Waals surface area contributed by atoms with E-state index in [4.69, 9.17) is 0 Å². The van der Waals surface area contributed by atoms with Crippen LogP contribution in [0.15, 0.2) is 42.5 Å². The number of Topliss-reactive ketones (excluding diaryl/α,β-unsaturated/α-hetero) is 1. The van der Waals surface area contributed by atoms with Gasteiger partial charge >= 0.3 is 0 Å². The summed E-state index contributed by atoms with van der Waals surface area (Å²) in [5, 5.41) is 3.74. The summed E-state index contributed by atoms with van der Waals surface area (Å²) < 4.78 is 14.2. The van der Waals surface area contributed by atoms with Gasteiger partial charge in [-0.1, -0.05) is 23.5 Å². The van der Waals surface area contributed by atoms with Gasteiger partial charge in [0.1, 0.15) is 5.82 Å². The fourth-order valence-corrected chi connectivity index (χ4v) is 4.47. The van der Waals surface area contributed by atoms with Crippen molar-refractivity contribution in [1.29, 1.82) is 0 Å². The quantitative estimate of drug-likeness (QED) is 0.659. The number of halogens is 1. The largest absolute Gasteiger partial charge is 0.347 e. The number of fused-ring (bicyclic) bond motifs is 1. The van der Waals surface area contributed by atoms with E-state index in [1.165, 1.54) is 30.4 Å². The summed E-state index contributed by atoms with van der Waals surface area (Å²) in [5.41, 5.74) is 1.98. The molecule has 28 heavy (non-hydrogen) atoms. The zero-order chi connectivity index (χ0) is 19.7. The number of thiazole rings is 1. The van der Waals surface area contributed by atoms with E-state index in [1.807, 2.05) is 0 Å². The second-order valence-electron chi connectivity index (χ2n) is 7.02. The van der Waals surface area contributed by atoms with Crippen molar-refractivity contribution in [2.45, 2.75) is 19.8 Å². The molecule has 144 valence electrons. The Kier molecular flexibility index (Phi) is 5.09. The number of nitrogens with one attached hydrogen (secondary N) is 1. The normalized spacial score (nSPS) is 16.9. The molecule has 2 heterocycles. The maximum absolute atomic E-state index is 13.4. The lowest BCUT2D eigenvalue weighted by Gasteiger charge is -2.31. The lowest BCUT2D eigenvalue weighted by molar-refractivity contribution is -0.120. The lowest BCUT2D eigenvalue weighted by Crippen LogP contribution is -2.40. The third-order valence-corrected chi connectivity index (χ3v) is 6.02. The van der Waals surface area contributed by atoms with Crippen molar-refractivity contribution in [3.63, 3.8) is 0 Å². The van der Waals surface area contributed by atoms with Gasteiger partial charge in [-0.25, -0.2) is 9.37 Å². The molecule has 1 fully saturated rings. The Hall–Kier alpha value is -2.80. The molecule has 5 nitrogen and oxygen atoms in total. The number of carbonyl (C=O) groups excluding carboxylic acids is 2. The number of hydrogen-bond donors (Lipinski definition) is 1. The molecule has 1 N–H and O–H groups in total. The van der Waals surface area contributed by atoms with Crippen molar-refractivity contribution in [3.05, 3.63) is 53.8 Å². The smallest absolute Gasteiger partial charge is 0.229 e. The van der Waals surface area contributed by atoms with Gasteiger partial charge in [0.15, 0.2) is 10.9 Å². The van der Waals surface area contributed by atoms with Crippen LogP contribution in [-0.2, 0) is 4.79 Å². The van der Waals surface area contributed by atoms with E-state index in [2.05, 4.69) is 15.2 Å². The Morgan fingerprint density at radius 2 is 2.11 bits per heavy atom. The number of amides is 1. The molecule has 0 bridgehead atoms. The molecule has 1 atom stereocenters. The van der Waals surface area contributed by atoms with E-state index in [-0.39, 0.29) is 23.4 Å². The van der Waals surface area contributed by atoms with Gasteiger partial charge in [0, 0.05) is 24.3 Å². The molecule has 7 heteroatoms. The molecule has 1 unspecified atom stereocenters. The summed E-state index contributed by atoms with van der Waals surface area (Å²) in [6.45, 7) is 2.90. The van der Waals surface area contributed by atoms with Crippen LogP contribution in [0.2, 0.25) is 0 Å². The monoisotopic (exact) mass is 397 g/mol. The van der Waals surface area contributed by atoms with Crippen LogP contribution in [0.5, 0.6) is 0 Å². The van der Waals surface area contributed by atoms with Crippen molar-refractivity contribution in [1.82, 2.24) is 4.98 Å². The first kappa shape index (κ1) is 18.6. The second-order valence-corrected chi connectivity index (χ2v) is 8.03. The van der Waals surface area contributed by atoms with Crippen LogP contribution in [0, 0.1) is 11.7 Å². The van der Waals surface area contributed by atoms with Crippen LogP contribution in [0.25, 0.3) is 10.2 Å². The van der Waals surface area contributed by atoms with Crippen LogP contribution in [0.3, 0.4) is 0 Å². The van der Waals surface area contributed by atoms with E-state index in [0.717, 1.165) is 34.7 Å². The molecule has 0 aliphatic carbocycles. The van der Waals surface area contributed by atoms with Gasteiger partial charge in [0.25, 0.3) is 0 Å². The SMILES string of the molecule is CC(=O)c1cccc(NC(=O)C2CCCN(c3nc4ccc(F)cc4s3)C2)c1. The minimum absolute atomic E-state index is 0.0350. The van der Waals surface area contributed by atoms with Gasteiger partial charge in [0.2, 0.25) is 5.91 Å². The number of nitrogens with zero attached hydrogens (tertiary/aromatic N) is 2. The molecule has 0 saturated carbocycles. The van der Waals surface area contributed by atoms with E-state index >= 15 is 0 Å². The topological polar surface area (TPSA) is 62.3 Å². The maximum atomic E-state index is 13.4. The highest BCUT2D eigenvalue weighted by Gasteiger charge is 2.27. The third kappa shape index (κ3) is 3.89. The van der Waals surface area contributed by atoms with Gasteiger partial charge in [0.05, 0.1) is 16.1 Å². The van der Waals surface area contributed by atoms with E-state index in [0.29, 0.717) is 17.8 Å². The predicted octanol–water partition coefficient (Wildman–Crippen LogP) is 4.49. The van der Waals surface area contributed by atoms with Crippen molar-refractivity contribution in [2.24, 2.45) is 5.92 Å². The lowest BCUT2D eigenvalue weighted by atomic mass is 9.97. The van der Waals surface area contributed by atoms with E-state index < -0.39 is 0 Å². The zero-order valence-electron chi connectivity index (χ0n) is 15.4. The molecule has 2 aromatic carbocycles. The molecule has 1 amide bonds. The van der Waals surface area contributed by atoms with Crippen LogP contribution in [0.4, 0.5) is 15.2 Å². The van der Waals surface area contributed by atoms with Gasteiger partial charge in [-0.15, -0.1) is 0 Å². The first-order valence-corrected chi connectivity index (χ1v) is 10.0. The van der Waals surface area contributed by atoms with Crippen molar-refractivity contribution < 1.29 is 14.0 Å². The van der Waals surface area contributed by atoms with Gasteiger partial charge < -0.3 is 10.2 Å². The standard InChI is InChI=1S/C21H20FN3O2S/c1-13(26)14-4-2-6-17(10-14)23-20(27)15-5-3-9-25(12-15)21-24-18-8-7-16(22)11-19(18)28-21/h2,4,6-8,10-11,15H,3,5,9,12H2,1H3,(H,23,27). The second kappa shape index (κ2) is 7.67. The maximum Gasteiger partial charge on any atom is 0.229 e. The Labute approximate surface area is 166 Å². The van der Waals surface area contributed by atoms with E-state index in [9.17, 15) is 14.0 Å². The summed E-state index contributed by atoms with van der Waals surface area (Å²) >= 11 is 1.45. The number of ketones is 1. The Morgan fingerprint density at radius 1 is 1.25 bits per heavy atom. The summed E-state index contributed by atoms with van der Waals surface area (Å²) in [6.07, 6.45) is 1.68. The number of carbonyl (C=O) groups is 2. The van der Waals surface area contributed by atoms with Gasteiger partial charge in [-0.05, 0) is 50.1 Å². The van der Waals surface area contributed by atoms with Gasteiger partial charge in [-0.3, -0.25) is 9.59 Å². The van der Waals surface area contributed by atoms with Crippen molar-refractivity contribution in [2.75, 3.05) is 23.3 Å². The van der Waals surface area contributed by atoms with Crippen molar-refractivity contribution in [3.8, 4) is 0 Å². The Morgan fingerprint density at radius 3 is 2.93 bits per heavy atom. The fraction of sp³-hybridized carbons (Fsp3) is 0.286. The first-order valence-electron chi connectivity index (χ1n) is 9.22. The average molecular weight is 397 g/mol. The molecular weight excluding hydrogens is 377 g/mol. The number of benzene rings is 2. The number of rotatable bonds is 4. The Balaban J connectivity index is 1.47. The highest BCUT2D eigenvalue weighted by atomic mass is 32.1. The molecule has 1 aromatic heterocycles. The zero-order valence-corrected chi connectivity index (χ0v) is 16.3. The molecule has 1 saturated heterocycles. The molecule has 1 aliphatic heterocycles. The highest BCUT2D eigenvalue weighted by Crippen LogP contribution is 2.32. The van der Waals surface area contributed by atoms with Crippen LogP contribution >= 0.6 is 11.3 Å². The minimum Gasteiger partial charge on any atom is -0.347 e. The van der Waals surface area contributed by atoms with Crippen LogP contribution < -0.4 is 10.2 Å². The predicted molar refractivity (Wildman–Crippen MR) is 110 cm³/mol. The van der Waals surface area contributed by atoms with Crippen LogP contribution in [-0.4, -0.2) is 29.8 Å². The molecule has 4 rings (SSSR count). The first-order chi connectivity index (χ1) is 13.5. The molecule has 0 radical (unpaired) electrons. The summed E-state index contributed by atoms with van der Waals surface area (Å²) in [7, 11) is 0. The van der Waals surface area contributed by atoms with Crippen LogP contribution in [0.1, 0.15) is 30.1 Å². The molecule has 3 aromatic rings. The molecular formula is C21H20FN3O2S. The fourth-order valence-electron chi connectivity index (χ4n) is 3.45. The summed E-state index contributed by atoms with van der Waals surface area (Å²) in [4.78, 5) is 31.0. The number of anilines is 2. The number of hydrogen-bond acceptors (Lipinski definition) is 5. The average Bonchev–Trinajstić information content (AvgIpc) is 3.11. The number of piperidine rings is 1. The van der Waals surface area contributed by atoms with Gasteiger partial charge in [-0.2, -0.15) is 0 Å². The van der Waals surface area contributed by atoms with Crippen molar-refractivity contribution >= 4 is 44.1 Å². The third-order valence-electron chi connectivity index (χ3n) is 4.94. The Bertz CT molecular complexity index is 1050. The minimum atomic E-state index is -0.272. The molecule has 1 aliphatic rings. The number of aromatic nitrogens is 1. The molecule has 0 spiro atoms. The summed E-state index contributed by atoms with van der Waals surface area (Å²) in [5.74, 6) is -0.533. The summed E-state index contributed by atoms with van der Waals surface area (Å²) in [6, 6.07) is 11.6.